The van der Waals surface area contributed by atoms with Gasteiger partial charge in [-0.2, -0.15) is 0 Å². The highest BCUT2D eigenvalue weighted by molar-refractivity contribution is 7.16. The van der Waals surface area contributed by atoms with E-state index in [2.05, 4.69) is 22.4 Å². The largest absolute Gasteiger partial charge is 0.490 e. The Labute approximate surface area is 64.7 Å². The van der Waals surface area contributed by atoms with E-state index in [0.717, 1.165) is 11.3 Å². The molecule has 0 amide bonds. The van der Waals surface area contributed by atoms with E-state index in [1.54, 1.807) is 6.08 Å². The second-order valence-electron chi connectivity index (χ2n) is 1.91. The molecule has 0 saturated heterocycles. The zero-order valence-electron chi connectivity index (χ0n) is 6.26. The quantitative estimate of drug-likeness (QED) is 0.345. The Kier molecular flexibility index (Phi) is 4.96. The third kappa shape index (κ3) is 4.34. The molecule has 10 heavy (non-hydrogen) atoms. The Hall–Kier alpha value is -0.550. The second kappa shape index (κ2) is 5.25. The van der Waals surface area contributed by atoms with Gasteiger partial charge in [-0.25, -0.2) is 0 Å². The summed E-state index contributed by atoms with van der Waals surface area (Å²) in [5.74, 6) is 0.766. The fraction of sp³-hybridized carbons (Fsp3) is 0.250. The summed E-state index contributed by atoms with van der Waals surface area (Å²) in [7, 11) is 2.47. The van der Waals surface area contributed by atoms with Crippen molar-refractivity contribution in [3.8, 4) is 0 Å². The highest BCUT2D eigenvalue weighted by Gasteiger charge is 1.87. The first-order valence-electron chi connectivity index (χ1n) is 3.03. The molecule has 0 rings (SSSR count). The van der Waals surface area contributed by atoms with E-state index in [4.69, 9.17) is 4.74 Å². The summed E-state index contributed by atoms with van der Waals surface area (Å²) in [4.78, 5) is 0. The van der Waals surface area contributed by atoms with Crippen molar-refractivity contribution in [1.29, 1.82) is 0 Å². The van der Waals surface area contributed by atoms with Crippen molar-refractivity contribution in [3.63, 3.8) is 0 Å². The fourth-order valence-corrected chi connectivity index (χ4v) is 0.691. The average Bonchev–Trinajstić information content (AvgIpc) is 1.86. The zero-order chi connectivity index (χ0) is 7.98. The Morgan fingerprint density at radius 3 is 2.60 bits per heavy atom. The van der Waals surface area contributed by atoms with Gasteiger partial charge in [0.15, 0.2) is 0 Å². The molecular weight excluding hydrogens is 143 g/mol. The highest BCUT2D eigenvalue weighted by atomic mass is 31.0. The van der Waals surface area contributed by atoms with E-state index >= 15 is 0 Å². The molecule has 1 unspecified atom stereocenters. The molecule has 0 aromatic heterocycles. The van der Waals surface area contributed by atoms with E-state index in [0.29, 0.717) is 6.35 Å². The lowest BCUT2D eigenvalue weighted by atomic mass is 10.3. The Bertz CT molecular complexity index is 159. The molecule has 0 aromatic carbocycles. The highest BCUT2D eigenvalue weighted by Crippen LogP contribution is 2.04. The maximum Gasteiger partial charge on any atom is 0.119 e. The first-order chi connectivity index (χ1) is 4.70. The van der Waals surface area contributed by atoms with Gasteiger partial charge in [-0.05, 0) is 19.1 Å². The summed E-state index contributed by atoms with van der Waals surface area (Å²) in [5, 5.41) is 0. The Balaban J connectivity index is 4.03. The molecule has 0 N–H and O–H groups in total. The standard InChI is InChI=1S/C8H13OP/c1-4-8(9-6-10)5-7(2)3/h4-5H,1-2,6,10H2,3H3/b8-5+. The molecule has 0 spiro atoms. The van der Waals surface area contributed by atoms with E-state index in [1.807, 2.05) is 13.0 Å². The number of allylic oxidation sites excluding steroid dienone is 3. The van der Waals surface area contributed by atoms with Crippen LogP contribution in [-0.4, -0.2) is 6.35 Å². The summed E-state index contributed by atoms with van der Waals surface area (Å²) < 4.78 is 5.15. The van der Waals surface area contributed by atoms with Crippen LogP contribution in [0.15, 0.2) is 36.6 Å². The summed E-state index contributed by atoms with van der Waals surface area (Å²) in [6, 6.07) is 0. The lowest BCUT2D eigenvalue weighted by molar-refractivity contribution is 0.287. The first kappa shape index (κ1) is 9.45. The van der Waals surface area contributed by atoms with Gasteiger partial charge in [-0.1, -0.05) is 28.0 Å². The predicted molar refractivity (Wildman–Crippen MR) is 48.8 cm³/mol. The van der Waals surface area contributed by atoms with Gasteiger partial charge in [-0.15, -0.1) is 0 Å². The molecule has 0 aliphatic heterocycles. The molecule has 0 aliphatic rings. The van der Waals surface area contributed by atoms with Crippen LogP contribution < -0.4 is 0 Å². The Morgan fingerprint density at radius 1 is 1.70 bits per heavy atom. The number of hydrogen-bond donors (Lipinski definition) is 0. The lowest BCUT2D eigenvalue weighted by Crippen LogP contribution is -1.84. The van der Waals surface area contributed by atoms with Crippen molar-refractivity contribution in [2.75, 3.05) is 6.35 Å². The van der Waals surface area contributed by atoms with Crippen molar-refractivity contribution in [1.82, 2.24) is 0 Å². The summed E-state index contributed by atoms with van der Waals surface area (Å²) >= 11 is 0. The SMILES string of the molecule is C=C/C(=C\C(=C)C)OCP. The second-order valence-corrected chi connectivity index (χ2v) is 2.24. The van der Waals surface area contributed by atoms with Crippen LogP contribution in [0.25, 0.3) is 0 Å². The zero-order valence-corrected chi connectivity index (χ0v) is 7.42. The molecular formula is C8H13OP. The van der Waals surface area contributed by atoms with Gasteiger partial charge in [0.05, 0.1) is 0 Å². The molecule has 0 aromatic rings. The predicted octanol–water partition coefficient (Wildman–Crippen LogP) is 2.48. The van der Waals surface area contributed by atoms with Gasteiger partial charge in [0.25, 0.3) is 0 Å². The van der Waals surface area contributed by atoms with Gasteiger partial charge >= 0.3 is 0 Å². The average molecular weight is 156 g/mol. The fourth-order valence-electron chi connectivity index (χ4n) is 0.499. The van der Waals surface area contributed by atoms with Gasteiger partial charge in [0.2, 0.25) is 0 Å². The van der Waals surface area contributed by atoms with Crippen LogP contribution in [0.2, 0.25) is 0 Å². The third-order valence-electron chi connectivity index (χ3n) is 0.840. The van der Waals surface area contributed by atoms with Gasteiger partial charge in [0, 0.05) is 0 Å². The minimum Gasteiger partial charge on any atom is -0.490 e. The van der Waals surface area contributed by atoms with Crippen LogP contribution in [-0.2, 0) is 4.74 Å². The monoisotopic (exact) mass is 156 g/mol. The van der Waals surface area contributed by atoms with Crippen LogP contribution in [0.1, 0.15) is 6.92 Å². The number of rotatable bonds is 4. The molecule has 0 fully saturated rings. The van der Waals surface area contributed by atoms with Crippen molar-refractivity contribution >= 4 is 9.24 Å². The van der Waals surface area contributed by atoms with Crippen LogP contribution in [0, 0.1) is 0 Å². The molecule has 0 aliphatic carbocycles. The molecule has 0 saturated carbocycles. The maximum atomic E-state index is 5.15. The van der Waals surface area contributed by atoms with E-state index < -0.39 is 0 Å². The third-order valence-corrected chi connectivity index (χ3v) is 1.01. The normalized spacial score (nSPS) is 10.8. The molecule has 0 radical (unpaired) electrons. The van der Waals surface area contributed by atoms with Crippen molar-refractivity contribution in [2.24, 2.45) is 0 Å². The maximum absolute atomic E-state index is 5.15. The van der Waals surface area contributed by atoms with Gasteiger partial charge < -0.3 is 4.74 Å². The summed E-state index contributed by atoms with van der Waals surface area (Å²) in [6.45, 7) is 9.22. The summed E-state index contributed by atoms with van der Waals surface area (Å²) in [6.07, 6.45) is 4.10. The number of ether oxygens (including phenoxy) is 1. The minimum atomic E-state index is 0.588. The minimum absolute atomic E-state index is 0.588. The van der Waals surface area contributed by atoms with E-state index in [9.17, 15) is 0 Å². The molecule has 0 heterocycles. The van der Waals surface area contributed by atoms with Crippen molar-refractivity contribution in [2.45, 2.75) is 6.92 Å². The van der Waals surface area contributed by atoms with Crippen molar-refractivity contribution in [3.05, 3.63) is 36.6 Å². The molecule has 2 heteroatoms. The van der Waals surface area contributed by atoms with Crippen molar-refractivity contribution < 1.29 is 4.74 Å². The lowest BCUT2D eigenvalue weighted by Gasteiger charge is -2.01. The van der Waals surface area contributed by atoms with E-state index in [1.165, 1.54) is 0 Å². The van der Waals surface area contributed by atoms with E-state index in [-0.39, 0.29) is 0 Å². The van der Waals surface area contributed by atoms with Gasteiger partial charge in [-0.3, -0.25) is 0 Å². The molecule has 56 valence electrons. The van der Waals surface area contributed by atoms with Crippen LogP contribution >= 0.6 is 9.24 Å². The van der Waals surface area contributed by atoms with Gasteiger partial charge in [0.1, 0.15) is 12.1 Å². The first-order valence-corrected chi connectivity index (χ1v) is 3.85. The smallest absolute Gasteiger partial charge is 0.119 e. The van der Waals surface area contributed by atoms with Crippen LogP contribution in [0.5, 0.6) is 0 Å². The number of hydrogen-bond acceptors (Lipinski definition) is 1. The topological polar surface area (TPSA) is 9.23 Å². The van der Waals surface area contributed by atoms with Crippen LogP contribution in [0.4, 0.5) is 0 Å². The molecule has 1 nitrogen and oxygen atoms in total. The van der Waals surface area contributed by atoms with Crippen LogP contribution in [0.3, 0.4) is 0 Å². The molecule has 0 bridgehead atoms. The Morgan fingerprint density at radius 2 is 2.30 bits per heavy atom. The molecule has 1 atom stereocenters. The summed E-state index contributed by atoms with van der Waals surface area (Å²) in [5.41, 5.74) is 0.966.